The van der Waals surface area contributed by atoms with Gasteiger partial charge in [-0.15, -0.1) is 0 Å². The molecule has 0 fully saturated rings. The van der Waals surface area contributed by atoms with Gasteiger partial charge in [-0.3, -0.25) is 0 Å². The van der Waals surface area contributed by atoms with Crippen molar-refractivity contribution in [3.05, 3.63) is 27.7 Å². The van der Waals surface area contributed by atoms with Crippen LogP contribution in [-0.4, -0.2) is 24.4 Å². The third kappa shape index (κ3) is 3.34. The quantitative estimate of drug-likeness (QED) is 0.895. The summed E-state index contributed by atoms with van der Waals surface area (Å²) in [5.41, 5.74) is 1.00. The van der Waals surface area contributed by atoms with Crippen LogP contribution in [0.1, 0.15) is 31.9 Å². The first-order chi connectivity index (χ1) is 9.02. The van der Waals surface area contributed by atoms with E-state index in [0.29, 0.717) is 16.7 Å². The standard InChI is InChI=1S/C14H19Cl2NO2/c1-8(7-18)9(2)17-13-3-4-19-14-11(13)5-10(15)6-12(14)16/h5-6,8-9,13,17-18H,3-4,7H2,1-2H3. The number of hydrogen-bond acceptors (Lipinski definition) is 3. The second-order valence-corrected chi connectivity index (χ2v) is 5.95. The van der Waals surface area contributed by atoms with Crippen LogP contribution in [0.25, 0.3) is 0 Å². The van der Waals surface area contributed by atoms with Crippen molar-refractivity contribution in [2.75, 3.05) is 13.2 Å². The normalized spacial score (nSPS) is 21.4. The highest BCUT2D eigenvalue weighted by atomic mass is 35.5. The molecule has 1 aliphatic rings. The minimum absolute atomic E-state index is 0.156. The zero-order chi connectivity index (χ0) is 14.0. The Labute approximate surface area is 123 Å². The number of nitrogens with one attached hydrogen (secondary N) is 1. The molecule has 5 heteroatoms. The fourth-order valence-corrected chi connectivity index (χ4v) is 2.80. The average Bonchev–Trinajstić information content (AvgIpc) is 2.38. The van der Waals surface area contributed by atoms with Crippen molar-refractivity contribution in [2.24, 2.45) is 5.92 Å². The Morgan fingerprint density at radius 1 is 1.42 bits per heavy atom. The van der Waals surface area contributed by atoms with E-state index in [9.17, 15) is 5.11 Å². The maximum absolute atomic E-state index is 9.21. The highest BCUT2D eigenvalue weighted by molar-refractivity contribution is 6.35. The predicted octanol–water partition coefficient (Wildman–Crippen LogP) is 3.42. The van der Waals surface area contributed by atoms with Crippen molar-refractivity contribution in [2.45, 2.75) is 32.4 Å². The van der Waals surface area contributed by atoms with Crippen LogP contribution in [0.15, 0.2) is 12.1 Å². The lowest BCUT2D eigenvalue weighted by Crippen LogP contribution is -2.38. The number of aliphatic hydroxyl groups excluding tert-OH is 1. The zero-order valence-electron chi connectivity index (χ0n) is 11.1. The summed E-state index contributed by atoms with van der Waals surface area (Å²) in [5, 5.41) is 13.9. The van der Waals surface area contributed by atoms with Gasteiger partial charge in [0.2, 0.25) is 0 Å². The van der Waals surface area contributed by atoms with Crippen molar-refractivity contribution in [1.29, 1.82) is 0 Å². The summed E-state index contributed by atoms with van der Waals surface area (Å²) >= 11 is 12.2. The van der Waals surface area contributed by atoms with Crippen molar-refractivity contribution < 1.29 is 9.84 Å². The lowest BCUT2D eigenvalue weighted by molar-refractivity contribution is 0.187. The highest BCUT2D eigenvalue weighted by Gasteiger charge is 2.26. The molecule has 0 amide bonds. The van der Waals surface area contributed by atoms with E-state index in [1.165, 1.54) is 0 Å². The van der Waals surface area contributed by atoms with E-state index in [4.69, 9.17) is 27.9 Å². The van der Waals surface area contributed by atoms with Crippen molar-refractivity contribution in [3.8, 4) is 5.75 Å². The minimum Gasteiger partial charge on any atom is -0.492 e. The molecule has 1 aromatic rings. The molecule has 0 radical (unpaired) electrons. The van der Waals surface area contributed by atoms with Crippen LogP contribution < -0.4 is 10.1 Å². The van der Waals surface area contributed by atoms with Gasteiger partial charge in [-0.1, -0.05) is 30.1 Å². The molecular formula is C14H19Cl2NO2. The predicted molar refractivity (Wildman–Crippen MR) is 78.2 cm³/mol. The number of ether oxygens (including phenoxy) is 1. The van der Waals surface area contributed by atoms with Crippen LogP contribution >= 0.6 is 23.2 Å². The van der Waals surface area contributed by atoms with Crippen LogP contribution in [0, 0.1) is 5.92 Å². The fraction of sp³-hybridized carbons (Fsp3) is 0.571. The molecule has 1 heterocycles. The first-order valence-corrected chi connectivity index (χ1v) is 7.27. The number of halogens is 2. The lowest BCUT2D eigenvalue weighted by Gasteiger charge is -2.31. The Morgan fingerprint density at radius 2 is 2.16 bits per heavy atom. The van der Waals surface area contributed by atoms with Gasteiger partial charge in [0, 0.05) is 35.7 Å². The van der Waals surface area contributed by atoms with Gasteiger partial charge in [-0.2, -0.15) is 0 Å². The van der Waals surface area contributed by atoms with E-state index in [0.717, 1.165) is 17.7 Å². The number of fused-ring (bicyclic) bond motifs is 1. The molecule has 0 aromatic heterocycles. The van der Waals surface area contributed by atoms with E-state index < -0.39 is 0 Å². The summed E-state index contributed by atoms with van der Waals surface area (Å²) in [4.78, 5) is 0. The summed E-state index contributed by atoms with van der Waals surface area (Å²) in [6.45, 7) is 4.89. The highest BCUT2D eigenvalue weighted by Crippen LogP contribution is 2.40. The van der Waals surface area contributed by atoms with Crippen LogP contribution in [0.4, 0.5) is 0 Å². The van der Waals surface area contributed by atoms with Gasteiger partial charge >= 0.3 is 0 Å². The number of rotatable bonds is 4. The molecule has 0 aliphatic carbocycles. The van der Waals surface area contributed by atoms with Crippen LogP contribution in [0.5, 0.6) is 5.75 Å². The Hall–Kier alpha value is -0.480. The Bertz CT molecular complexity index is 453. The monoisotopic (exact) mass is 303 g/mol. The van der Waals surface area contributed by atoms with E-state index in [-0.39, 0.29) is 24.6 Å². The average molecular weight is 304 g/mol. The van der Waals surface area contributed by atoms with Gasteiger partial charge < -0.3 is 15.2 Å². The SMILES string of the molecule is CC(CO)C(C)NC1CCOc2c(Cl)cc(Cl)cc21. The number of hydrogen-bond donors (Lipinski definition) is 2. The lowest BCUT2D eigenvalue weighted by atomic mass is 9.97. The molecule has 2 rings (SSSR count). The van der Waals surface area contributed by atoms with Gasteiger partial charge in [-0.05, 0) is 25.0 Å². The summed E-state index contributed by atoms with van der Waals surface area (Å²) in [6.07, 6.45) is 0.867. The van der Waals surface area contributed by atoms with Gasteiger partial charge in [0.25, 0.3) is 0 Å². The van der Waals surface area contributed by atoms with Crippen LogP contribution in [-0.2, 0) is 0 Å². The number of aliphatic hydroxyl groups is 1. The molecule has 3 nitrogen and oxygen atoms in total. The fourth-order valence-electron chi connectivity index (χ4n) is 2.24. The van der Waals surface area contributed by atoms with Crippen molar-refractivity contribution in [1.82, 2.24) is 5.32 Å². The summed E-state index contributed by atoms with van der Waals surface area (Å²) < 4.78 is 5.63. The number of benzene rings is 1. The Morgan fingerprint density at radius 3 is 2.84 bits per heavy atom. The van der Waals surface area contributed by atoms with Gasteiger partial charge in [0.15, 0.2) is 0 Å². The molecule has 0 saturated heterocycles. The van der Waals surface area contributed by atoms with E-state index >= 15 is 0 Å². The summed E-state index contributed by atoms with van der Waals surface area (Å²) in [5.74, 6) is 0.916. The molecule has 0 spiro atoms. The van der Waals surface area contributed by atoms with Crippen LogP contribution in [0.3, 0.4) is 0 Å². The second kappa shape index (κ2) is 6.31. The van der Waals surface area contributed by atoms with Gasteiger partial charge in [0.05, 0.1) is 11.6 Å². The van der Waals surface area contributed by atoms with E-state index in [1.807, 2.05) is 13.0 Å². The summed E-state index contributed by atoms with van der Waals surface area (Å²) in [6, 6.07) is 3.96. The molecule has 0 bridgehead atoms. The largest absolute Gasteiger partial charge is 0.492 e. The van der Waals surface area contributed by atoms with E-state index in [2.05, 4.69) is 12.2 Å². The third-order valence-electron chi connectivity index (χ3n) is 3.67. The molecule has 1 aliphatic heterocycles. The molecule has 3 unspecified atom stereocenters. The zero-order valence-corrected chi connectivity index (χ0v) is 12.6. The Balaban J connectivity index is 2.22. The first-order valence-electron chi connectivity index (χ1n) is 6.51. The molecule has 0 saturated carbocycles. The maximum Gasteiger partial charge on any atom is 0.142 e. The maximum atomic E-state index is 9.21. The van der Waals surface area contributed by atoms with Gasteiger partial charge in [0.1, 0.15) is 5.75 Å². The first kappa shape index (κ1) is 14.9. The second-order valence-electron chi connectivity index (χ2n) is 5.11. The smallest absolute Gasteiger partial charge is 0.142 e. The van der Waals surface area contributed by atoms with E-state index in [1.54, 1.807) is 6.07 Å². The van der Waals surface area contributed by atoms with Gasteiger partial charge in [-0.25, -0.2) is 0 Å². The molecule has 19 heavy (non-hydrogen) atoms. The molecular weight excluding hydrogens is 285 g/mol. The molecule has 2 N–H and O–H groups in total. The minimum atomic E-state index is 0.156. The third-order valence-corrected chi connectivity index (χ3v) is 4.17. The Kier molecular flexibility index (Phi) is 4.96. The topological polar surface area (TPSA) is 41.5 Å². The van der Waals surface area contributed by atoms with Crippen molar-refractivity contribution in [3.63, 3.8) is 0 Å². The van der Waals surface area contributed by atoms with Crippen LogP contribution in [0.2, 0.25) is 10.0 Å². The molecule has 106 valence electrons. The van der Waals surface area contributed by atoms with Crippen molar-refractivity contribution >= 4 is 23.2 Å². The molecule has 3 atom stereocenters. The molecule has 1 aromatic carbocycles. The summed E-state index contributed by atoms with van der Waals surface area (Å²) in [7, 11) is 0.